The number of nitrogens with one attached hydrogen (secondary N) is 1. The van der Waals surface area contributed by atoms with Crippen molar-refractivity contribution in [3.8, 4) is 0 Å². The molecule has 0 saturated heterocycles. The van der Waals surface area contributed by atoms with Gasteiger partial charge in [-0.2, -0.15) is 0 Å². The number of carbonyl (C=O) groups is 2. The van der Waals surface area contributed by atoms with Crippen molar-refractivity contribution in [1.82, 2.24) is 5.32 Å². The first-order chi connectivity index (χ1) is 9.38. The van der Waals surface area contributed by atoms with Crippen LogP contribution < -0.4 is 5.32 Å². The number of hydrogen-bond acceptors (Lipinski definition) is 3. The van der Waals surface area contributed by atoms with Gasteiger partial charge in [0.15, 0.2) is 5.78 Å². The van der Waals surface area contributed by atoms with Crippen LogP contribution in [0.25, 0.3) is 0 Å². The third kappa shape index (κ3) is 3.23. The van der Waals surface area contributed by atoms with Gasteiger partial charge in [-0.1, -0.05) is 51.1 Å². The second kappa shape index (κ2) is 5.45. The number of allylic oxidation sites excluding steroid dienone is 3. The monoisotopic (exact) mass is 269 g/mol. The molecule has 0 aliphatic heterocycles. The zero-order chi connectivity index (χ0) is 14.8. The van der Waals surface area contributed by atoms with Gasteiger partial charge in [-0.15, -0.1) is 0 Å². The van der Waals surface area contributed by atoms with Gasteiger partial charge in [0.05, 0.1) is 5.70 Å². The highest BCUT2D eigenvalue weighted by molar-refractivity contribution is 6.20. The smallest absolute Gasteiger partial charge is 0.202 e. The Balaban J connectivity index is 2.09. The van der Waals surface area contributed by atoms with Crippen molar-refractivity contribution in [3.05, 3.63) is 59.3 Å². The van der Waals surface area contributed by atoms with Gasteiger partial charge in [0, 0.05) is 18.2 Å². The number of ketones is 2. The Bertz CT molecular complexity index is 589. The van der Waals surface area contributed by atoms with E-state index in [0.29, 0.717) is 17.8 Å². The quantitative estimate of drug-likeness (QED) is 0.858. The van der Waals surface area contributed by atoms with Crippen LogP contribution in [0.1, 0.15) is 26.3 Å². The van der Waals surface area contributed by atoms with Crippen LogP contribution in [0.5, 0.6) is 0 Å². The molecule has 3 nitrogen and oxygen atoms in total. The molecular weight excluding hydrogens is 250 g/mol. The fraction of sp³-hybridized carbons (Fsp3) is 0.294. The minimum Gasteiger partial charge on any atom is -0.378 e. The summed E-state index contributed by atoms with van der Waals surface area (Å²) in [6, 6.07) is 9.77. The van der Waals surface area contributed by atoms with Gasteiger partial charge < -0.3 is 5.32 Å². The van der Waals surface area contributed by atoms with Crippen LogP contribution in [-0.2, 0) is 16.1 Å². The molecule has 1 aliphatic carbocycles. The zero-order valence-electron chi connectivity index (χ0n) is 12.1. The van der Waals surface area contributed by atoms with Gasteiger partial charge in [-0.3, -0.25) is 9.59 Å². The fourth-order valence-electron chi connectivity index (χ4n) is 2.08. The van der Waals surface area contributed by atoms with Crippen molar-refractivity contribution in [1.29, 1.82) is 0 Å². The molecule has 0 spiro atoms. The van der Waals surface area contributed by atoms with Crippen molar-refractivity contribution in [2.45, 2.75) is 27.3 Å². The molecule has 0 bridgehead atoms. The Hall–Kier alpha value is -2.16. The molecule has 20 heavy (non-hydrogen) atoms. The summed E-state index contributed by atoms with van der Waals surface area (Å²) in [6.45, 7) is 6.32. The van der Waals surface area contributed by atoms with Crippen LogP contribution in [0.2, 0.25) is 0 Å². The minimum atomic E-state index is -0.311. The average Bonchev–Trinajstić information content (AvgIpc) is 2.39. The zero-order valence-corrected chi connectivity index (χ0v) is 12.1. The molecule has 0 heterocycles. The maximum atomic E-state index is 12.1. The van der Waals surface area contributed by atoms with Gasteiger partial charge >= 0.3 is 0 Å². The lowest BCUT2D eigenvalue weighted by atomic mass is 9.81. The molecule has 0 radical (unpaired) electrons. The van der Waals surface area contributed by atoms with Gasteiger partial charge in [0.1, 0.15) is 0 Å². The molecule has 1 aromatic carbocycles. The number of rotatable bonds is 3. The lowest BCUT2D eigenvalue weighted by molar-refractivity contribution is -0.116. The highest BCUT2D eigenvalue weighted by Crippen LogP contribution is 2.28. The Morgan fingerprint density at radius 1 is 0.950 bits per heavy atom. The van der Waals surface area contributed by atoms with Gasteiger partial charge in [-0.05, 0) is 17.1 Å². The Kier molecular flexibility index (Phi) is 3.89. The van der Waals surface area contributed by atoms with E-state index in [4.69, 9.17) is 0 Å². The van der Waals surface area contributed by atoms with Crippen molar-refractivity contribution in [2.75, 3.05) is 0 Å². The van der Waals surface area contributed by atoms with Crippen LogP contribution in [0, 0.1) is 5.41 Å². The second-order valence-electron chi connectivity index (χ2n) is 5.93. The molecule has 2 rings (SSSR count). The standard InChI is InChI=1S/C17H19NO2/c1-17(2,3)13-9-16(20)14(10-15(13)19)18-11-12-7-5-4-6-8-12/h4-10,18H,11H2,1-3H3. The summed E-state index contributed by atoms with van der Waals surface area (Å²) >= 11 is 0. The summed E-state index contributed by atoms with van der Waals surface area (Å²) < 4.78 is 0. The highest BCUT2D eigenvalue weighted by Gasteiger charge is 2.28. The molecule has 1 aliphatic rings. The first-order valence-electron chi connectivity index (χ1n) is 6.68. The van der Waals surface area contributed by atoms with E-state index >= 15 is 0 Å². The lowest BCUT2D eigenvalue weighted by Gasteiger charge is -2.23. The van der Waals surface area contributed by atoms with E-state index in [0.717, 1.165) is 5.56 Å². The summed E-state index contributed by atoms with van der Waals surface area (Å²) in [6.07, 6.45) is 2.86. The molecule has 1 aromatic rings. The van der Waals surface area contributed by atoms with Gasteiger partial charge in [0.25, 0.3) is 0 Å². The molecule has 0 atom stereocenters. The third-order valence-electron chi connectivity index (χ3n) is 3.22. The summed E-state index contributed by atoms with van der Waals surface area (Å²) in [4.78, 5) is 24.1. The Morgan fingerprint density at radius 3 is 2.20 bits per heavy atom. The summed E-state index contributed by atoms with van der Waals surface area (Å²) in [5.74, 6) is -0.224. The predicted octanol–water partition coefficient (Wildman–Crippen LogP) is 2.78. The van der Waals surface area contributed by atoms with Crippen molar-refractivity contribution >= 4 is 11.6 Å². The predicted molar refractivity (Wildman–Crippen MR) is 78.9 cm³/mol. The van der Waals surface area contributed by atoms with Crippen LogP contribution >= 0.6 is 0 Å². The number of hydrogen-bond donors (Lipinski definition) is 1. The molecule has 1 N–H and O–H groups in total. The molecule has 0 unspecified atom stereocenters. The van der Waals surface area contributed by atoms with Crippen LogP contribution in [0.3, 0.4) is 0 Å². The normalized spacial score (nSPS) is 15.8. The summed E-state index contributed by atoms with van der Waals surface area (Å²) in [5.41, 5.74) is 1.69. The molecule has 0 amide bonds. The fourth-order valence-corrected chi connectivity index (χ4v) is 2.08. The van der Waals surface area contributed by atoms with Gasteiger partial charge in [-0.25, -0.2) is 0 Å². The summed E-state index contributed by atoms with van der Waals surface area (Å²) in [7, 11) is 0. The van der Waals surface area contributed by atoms with Crippen LogP contribution in [-0.4, -0.2) is 11.6 Å². The van der Waals surface area contributed by atoms with E-state index < -0.39 is 0 Å². The van der Waals surface area contributed by atoms with Crippen molar-refractivity contribution in [3.63, 3.8) is 0 Å². The van der Waals surface area contributed by atoms with E-state index in [-0.39, 0.29) is 17.0 Å². The topological polar surface area (TPSA) is 46.2 Å². The molecule has 0 saturated carbocycles. The minimum absolute atomic E-state index is 0.0901. The average molecular weight is 269 g/mol. The SMILES string of the molecule is CC(C)(C)C1=CC(=O)C(NCc2ccccc2)=CC1=O. The number of carbonyl (C=O) groups excluding carboxylic acids is 2. The van der Waals surface area contributed by atoms with E-state index in [1.165, 1.54) is 12.2 Å². The Morgan fingerprint density at radius 2 is 1.60 bits per heavy atom. The molecular formula is C17H19NO2. The van der Waals surface area contributed by atoms with E-state index in [1.54, 1.807) is 0 Å². The van der Waals surface area contributed by atoms with Crippen LogP contribution in [0.15, 0.2) is 53.8 Å². The summed E-state index contributed by atoms with van der Waals surface area (Å²) in [5, 5.41) is 3.04. The lowest BCUT2D eigenvalue weighted by Crippen LogP contribution is -2.28. The third-order valence-corrected chi connectivity index (χ3v) is 3.22. The molecule has 104 valence electrons. The van der Waals surface area contributed by atoms with E-state index in [1.807, 2.05) is 51.1 Å². The number of benzene rings is 1. The molecule has 0 aromatic heterocycles. The van der Waals surface area contributed by atoms with Crippen molar-refractivity contribution < 1.29 is 9.59 Å². The highest BCUT2D eigenvalue weighted by atomic mass is 16.1. The molecule has 0 fully saturated rings. The molecule has 3 heteroatoms. The second-order valence-corrected chi connectivity index (χ2v) is 5.93. The first-order valence-corrected chi connectivity index (χ1v) is 6.68. The largest absolute Gasteiger partial charge is 0.378 e. The first kappa shape index (κ1) is 14.3. The maximum Gasteiger partial charge on any atom is 0.202 e. The van der Waals surface area contributed by atoms with Crippen molar-refractivity contribution in [2.24, 2.45) is 5.41 Å². The Labute approximate surface area is 119 Å². The van der Waals surface area contributed by atoms with E-state index in [9.17, 15) is 9.59 Å². The maximum absolute atomic E-state index is 12.1. The van der Waals surface area contributed by atoms with Gasteiger partial charge in [0.2, 0.25) is 5.78 Å². The van der Waals surface area contributed by atoms with Crippen LogP contribution in [0.4, 0.5) is 0 Å². The van der Waals surface area contributed by atoms with E-state index in [2.05, 4.69) is 5.32 Å².